The van der Waals surface area contributed by atoms with Crippen molar-refractivity contribution in [1.82, 2.24) is 5.32 Å². The van der Waals surface area contributed by atoms with Crippen LogP contribution in [0.5, 0.6) is 5.75 Å². The van der Waals surface area contributed by atoms with Crippen molar-refractivity contribution >= 4 is 11.7 Å². The lowest BCUT2D eigenvalue weighted by atomic mass is 9.95. The second kappa shape index (κ2) is 8.21. The molecule has 3 aromatic carbocycles. The van der Waals surface area contributed by atoms with Gasteiger partial charge in [-0.25, -0.2) is 4.79 Å². The first kappa shape index (κ1) is 17.5. The Labute approximate surface area is 153 Å². The number of aryl methyl sites for hydroxylation is 1. The summed E-state index contributed by atoms with van der Waals surface area (Å²) in [5.74, 6) is 0.696. The van der Waals surface area contributed by atoms with Gasteiger partial charge in [-0.05, 0) is 35.7 Å². The molecule has 1 unspecified atom stereocenters. The third-order valence-electron chi connectivity index (χ3n) is 4.24. The quantitative estimate of drug-likeness (QED) is 0.689. The van der Waals surface area contributed by atoms with E-state index in [1.54, 1.807) is 13.2 Å². The Kier molecular flexibility index (Phi) is 5.54. The van der Waals surface area contributed by atoms with Crippen LogP contribution in [0.1, 0.15) is 22.7 Å². The number of ether oxygens (including phenoxy) is 1. The van der Waals surface area contributed by atoms with Gasteiger partial charge in [0.1, 0.15) is 5.75 Å². The number of anilines is 1. The van der Waals surface area contributed by atoms with E-state index in [1.807, 2.05) is 79.7 Å². The van der Waals surface area contributed by atoms with Gasteiger partial charge in [0.25, 0.3) is 0 Å². The number of benzene rings is 3. The molecular formula is C22H22N2O2. The van der Waals surface area contributed by atoms with E-state index in [0.717, 1.165) is 16.7 Å². The first-order valence-corrected chi connectivity index (χ1v) is 8.49. The van der Waals surface area contributed by atoms with Gasteiger partial charge in [0.15, 0.2) is 0 Å². The fourth-order valence-corrected chi connectivity index (χ4v) is 2.90. The second-order valence-corrected chi connectivity index (χ2v) is 6.03. The number of nitrogens with one attached hydrogen (secondary N) is 2. The number of carbonyl (C=O) groups is 1. The number of hydrogen-bond donors (Lipinski definition) is 2. The molecule has 2 amide bonds. The van der Waals surface area contributed by atoms with Crippen molar-refractivity contribution in [1.29, 1.82) is 0 Å². The van der Waals surface area contributed by atoms with E-state index in [-0.39, 0.29) is 12.1 Å². The van der Waals surface area contributed by atoms with Crippen molar-refractivity contribution in [2.24, 2.45) is 0 Å². The first-order chi connectivity index (χ1) is 12.7. The Morgan fingerprint density at radius 2 is 1.65 bits per heavy atom. The molecule has 4 nitrogen and oxygen atoms in total. The Morgan fingerprint density at radius 3 is 2.38 bits per heavy atom. The van der Waals surface area contributed by atoms with Crippen LogP contribution >= 0.6 is 0 Å². The average Bonchev–Trinajstić information content (AvgIpc) is 2.67. The van der Waals surface area contributed by atoms with E-state index in [4.69, 9.17) is 4.74 Å². The Balaban J connectivity index is 1.84. The van der Waals surface area contributed by atoms with Crippen molar-refractivity contribution in [3.05, 3.63) is 95.6 Å². The maximum absolute atomic E-state index is 12.6. The fourth-order valence-electron chi connectivity index (χ4n) is 2.90. The number of urea groups is 1. The largest absolute Gasteiger partial charge is 0.497 e. The second-order valence-electron chi connectivity index (χ2n) is 6.03. The molecule has 2 N–H and O–H groups in total. The highest BCUT2D eigenvalue weighted by Gasteiger charge is 2.18. The van der Waals surface area contributed by atoms with Gasteiger partial charge in [-0.2, -0.15) is 0 Å². The van der Waals surface area contributed by atoms with Gasteiger partial charge in [-0.1, -0.05) is 60.7 Å². The molecule has 0 heterocycles. The molecule has 0 aliphatic carbocycles. The summed E-state index contributed by atoms with van der Waals surface area (Å²) in [5.41, 5.74) is 3.91. The summed E-state index contributed by atoms with van der Waals surface area (Å²) in [4.78, 5) is 12.6. The Morgan fingerprint density at radius 1 is 0.923 bits per heavy atom. The van der Waals surface area contributed by atoms with E-state index in [1.165, 1.54) is 0 Å². The van der Waals surface area contributed by atoms with Crippen molar-refractivity contribution in [2.45, 2.75) is 13.0 Å². The summed E-state index contributed by atoms with van der Waals surface area (Å²) >= 11 is 0. The normalized spacial score (nSPS) is 11.5. The summed E-state index contributed by atoms with van der Waals surface area (Å²) < 4.78 is 5.20. The summed E-state index contributed by atoms with van der Waals surface area (Å²) in [6.07, 6.45) is 0. The van der Waals surface area contributed by atoms with E-state index in [9.17, 15) is 4.79 Å². The number of rotatable bonds is 5. The molecule has 1 atom stereocenters. The standard InChI is InChI=1S/C22H22N2O2/c1-16-9-6-7-14-20(16)21(17-10-4-3-5-11-17)24-22(25)23-18-12-8-13-19(15-18)26-2/h3-15,21H,1-2H3,(H2,23,24,25). The maximum Gasteiger partial charge on any atom is 0.319 e. The average molecular weight is 346 g/mol. The smallest absolute Gasteiger partial charge is 0.319 e. The molecule has 4 heteroatoms. The van der Waals surface area contributed by atoms with Crippen LogP contribution in [0.4, 0.5) is 10.5 Å². The topological polar surface area (TPSA) is 50.4 Å². The molecule has 0 saturated heterocycles. The zero-order valence-electron chi connectivity index (χ0n) is 14.9. The molecule has 0 aliphatic heterocycles. The summed E-state index contributed by atoms with van der Waals surface area (Å²) in [6, 6.07) is 24.8. The van der Waals surface area contributed by atoms with Crippen molar-refractivity contribution in [3.63, 3.8) is 0 Å². The maximum atomic E-state index is 12.6. The fraction of sp³-hybridized carbons (Fsp3) is 0.136. The zero-order valence-corrected chi connectivity index (χ0v) is 14.9. The van der Waals surface area contributed by atoms with Crippen molar-refractivity contribution < 1.29 is 9.53 Å². The lowest BCUT2D eigenvalue weighted by Crippen LogP contribution is -2.33. The predicted octanol–water partition coefficient (Wildman–Crippen LogP) is 4.91. The van der Waals surface area contributed by atoms with Gasteiger partial charge < -0.3 is 15.4 Å². The van der Waals surface area contributed by atoms with Crippen LogP contribution in [0.3, 0.4) is 0 Å². The number of methoxy groups -OCH3 is 1. The van der Waals surface area contributed by atoms with E-state index in [2.05, 4.69) is 10.6 Å². The molecule has 0 radical (unpaired) electrons. The molecule has 0 aliphatic rings. The summed E-state index contributed by atoms with van der Waals surface area (Å²) in [6.45, 7) is 2.05. The number of hydrogen-bond acceptors (Lipinski definition) is 2. The number of carbonyl (C=O) groups excluding carboxylic acids is 1. The van der Waals surface area contributed by atoms with Gasteiger partial charge in [0, 0.05) is 11.8 Å². The molecule has 0 bridgehead atoms. The summed E-state index contributed by atoms with van der Waals surface area (Å²) in [7, 11) is 1.60. The van der Waals surface area contributed by atoms with Crippen LogP contribution in [0.2, 0.25) is 0 Å². The SMILES string of the molecule is COc1cccc(NC(=O)NC(c2ccccc2)c2ccccc2C)c1. The van der Waals surface area contributed by atoms with Crippen LogP contribution in [0.15, 0.2) is 78.9 Å². The highest BCUT2D eigenvalue weighted by Crippen LogP contribution is 2.25. The molecule has 3 aromatic rings. The van der Waals surface area contributed by atoms with E-state index in [0.29, 0.717) is 11.4 Å². The molecular weight excluding hydrogens is 324 g/mol. The Hall–Kier alpha value is -3.27. The van der Waals surface area contributed by atoms with Gasteiger partial charge in [0.2, 0.25) is 0 Å². The van der Waals surface area contributed by atoms with E-state index >= 15 is 0 Å². The molecule has 132 valence electrons. The minimum absolute atomic E-state index is 0.233. The lowest BCUT2D eigenvalue weighted by molar-refractivity contribution is 0.250. The van der Waals surface area contributed by atoms with Crippen molar-refractivity contribution in [3.8, 4) is 5.75 Å². The molecule has 0 spiro atoms. The van der Waals surface area contributed by atoms with Gasteiger partial charge in [0.05, 0.1) is 13.2 Å². The van der Waals surface area contributed by atoms with Crippen LogP contribution in [0, 0.1) is 6.92 Å². The molecule has 26 heavy (non-hydrogen) atoms. The number of amides is 2. The molecule has 0 saturated carbocycles. The first-order valence-electron chi connectivity index (χ1n) is 8.49. The zero-order chi connectivity index (χ0) is 18.4. The van der Waals surface area contributed by atoms with Crippen LogP contribution in [-0.4, -0.2) is 13.1 Å². The lowest BCUT2D eigenvalue weighted by Gasteiger charge is -2.22. The highest BCUT2D eigenvalue weighted by molar-refractivity contribution is 5.90. The molecule has 0 aromatic heterocycles. The van der Waals surface area contributed by atoms with Crippen LogP contribution in [0.25, 0.3) is 0 Å². The van der Waals surface area contributed by atoms with Gasteiger partial charge in [-0.3, -0.25) is 0 Å². The predicted molar refractivity (Wildman–Crippen MR) is 105 cm³/mol. The Bertz CT molecular complexity index is 878. The van der Waals surface area contributed by atoms with Crippen LogP contribution in [-0.2, 0) is 0 Å². The molecule has 3 rings (SSSR count). The minimum atomic E-state index is -0.268. The van der Waals surface area contributed by atoms with Gasteiger partial charge >= 0.3 is 6.03 Å². The third kappa shape index (κ3) is 4.22. The monoisotopic (exact) mass is 346 g/mol. The third-order valence-corrected chi connectivity index (χ3v) is 4.24. The van der Waals surface area contributed by atoms with E-state index < -0.39 is 0 Å². The van der Waals surface area contributed by atoms with Crippen LogP contribution < -0.4 is 15.4 Å². The highest BCUT2D eigenvalue weighted by atomic mass is 16.5. The molecule has 0 fully saturated rings. The van der Waals surface area contributed by atoms with Crippen molar-refractivity contribution in [2.75, 3.05) is 12.4 Å². The van der Waals surface area contributed by atoms with Gasteiger partial charge in [-0.15, -0.1) is 0 Å². The summed E-state index contributed by atoms with van der Waals surface area (Å²) in [5, 5.41) is 5.96. The minimum Gasteiger partial charge on any atom is -0.497 e.